The first-order chi connectivity index (χ1) is 14.8. The zero-order valence-electron chi connectivity index (χ0n) is 18.8. The fourth-order valence-corrected chi connectivity index (χ4v) is 5.42. The van der Waals surface area contributed by atoms with E-state index < -0.39 is 10.0 Å². The molecule has 0 saturated carbocycles. The van der Waals surface area contributed by atoms with Crippen LogP contribution in [0.4, 0.5) is 0 Å². The van der Waals surface area contributed by atoms with Crippen LogP contribution in [-0.4, -0.2) is 57.4 Å². The molecular formula is C23H30N2O5S. The van der Waals surface area contributed by atoms with Crippen molar-refractivity contribution in [1.29, 1.82) is 0 Å². The van der Waals surface area contributed by atoms with Crippen molar-refractivity contribution in [1.82, 2.24) is 9.21 Å². The molecule has 2 aromatic rings. The van der Waals surface area contributed by atoms with Crippen molar-refractivity contribution in [3.63, 3.8) is 0 Å². The number of rotatable bonds is 7. The number of fused-ring (bicyclic) bond motifs is 1. The lowest BCUT2D eigenvalue weighted by Crippen LogP contribution is -2.36. The summed E-state index contributed by atoms with van der Waals surface area (Å²) < 4.78 is 38.0. The molecule has 1 heterocycles. The highest BCUT2D eigenvalue weighted by Crippen LogP contribution is 2.34. The molecule has 31 heavy (non-hydrogen) atoms. The Labute approximate surface area is 184 Å². The number of hydrogen-bond donors (Lipinski definition) is 0. The molecule has 0 aliphatic carbocycles. The number of aryl methyl sites for hydroxylation is 1. The van der Waals surface area contributed by atoms with Crippen molar-refractivity contribution in [3.8, 4) is 11.5 Å². The Balaban J connectivity index is 1.92. The lowest BCUT2D eigenvalue weighted by Gasteiger charge is -2.30. The fraction of sp³-hybridized carbons (Fsp3) is 0.435. The van der Waals surface area contributed by atoms with Crippen molar-refractivity contribution < 1.29 is 22.7 Å². The minimum Gasteiger partial charge on any atom is -0.493 e. The molecule has 0 bridgehead atoms. The van der Waals surface area contributed by atoms with Gasteiger partial charge in [0, 0.05) is 31.7 Å². The van der Waals surface area contributed by atoms with Gasteiger partial charge in [0.25, 0.3) is 5.91 Å². The predicted octanol–water partition coefficient (Wildman–Crippen LogP) is 3.24. The Kier molecular flexibility index (Phi) is 6.91. The summed E-state index contributed by atoms with van der Waals surface area (Å²) in [6.07, 6.45) is 0.692. The smallest absolute Gasteiger partial charge is 0.254 e. The second kappa shape index (κ2) is 9.28. The minimum atomic E-state index is -3.64. The quantitative estimate of drug-likeness (QED) is 0.653. The average Bonchev–Trinajstić information content (AvgIpc) is 2.78. The molecule has 0 unspecified atom stereocenters. The molecule has 1 amide bonds. The Hall–Kier alpha value is -2.58. The van der Waals surface area contributed by atoms with E-state index in [1.165, 1.54) is 10.4 Å². The van der Waals surface area contributed by atoms with Crippen LogP contribution in [-0.2, 0) is 23.0 Å². The van der Waals surface area contributed by atoms with E-state index in [0.29, 0.717) is 49.7 Å². The summed E-state index contributed by atoms with van der Waals surface area (Å²) in [6.45, 7) is 7.17. The fourth-order valence-electron chi connectivity index (χ4n) is 3.93. The Bertz CT molecular complexity index is 1080. The third-order valence-electron chi connectivity index (χ3n) is 5.79. The zero-order chi connectivity index (χ0) is 22.8. The van der Waals surface area contributed by atoms with Crippen LogP contribution >= 0.6 is 0 Å². The van der Waals surface area contributed by atoms with Crippen molar-refractivity contribution in [2.75, 3.05) is 33.9 Å². The van der Waals surface area contributed by atoms with Gasteiger partial charge in [-0.25, -0.2) is 8.42 Å². The summed E-state index contributed by atoms with van der Waals surface area (Å²) in [5.41, 5.74) is 3.29. The summed E-state index contributed by atoms with van der Waals surface area (Å²) in [7, 11) is -0.451. The van der Waals surface area contributed by atoms with Gasteiger partial charge in [0.05, 0.1) is 19.1 Å². The number of ether oxygens (including phenoxy) is 2. The highest BCUT2D eigenvalue weighted by atomic mass is 32.2. The number of amides is 1. The van der Waals surface area contributed by atoms with Crippen LogP contribution in [0.5, 0.6) is 11.5 Å². The third kappa shape index (κ3) is 4.41. The average molecular weight is 447 g/mol. The predicted molar refractivity (Wildman–Crippen MR) is 119 cm³/mol. The maximum atomic E-state index is 13.4. The van der Waals surface area contributed by atoms with Gasteiger partial charge in [0.1, 0.15) is 0 Å². The van der Waals surface area contributed by atoms with E-state index in [-0.39, 0.29) is 10.8 Å². The van der Waals surface area contributed by atoms with Crippen LogP contribution < -0.4 is 9.47 Å². The number of carbonyl (C=O) groups excluding carboxylic acids is 1. The molecule has 8 heteroatoms. The van der Waals surface area contributed by atoms with E-state index in [1.807, 2.05) is 19.1 Å². The monoisotopic (exact) mass is 446 g/mol. The molecule has 7 nitrogen and oxygen atoms in total. The van der Waals surface area contributed by atoms with Crippen LogP contribution in [0, 0.1) is 6.92 Å². The number of carbonyl (C=O) groups is 1. The second-order valence-corrected chi connectivity index (χ2v) is 9.46. The first kappa shape index (κ1) is 23.1. The van der Waals surface area contributed by atoms with E-state index >= 15 is 0 Å². The Morgan fingerprint density at radius 2 is 1.65 bits per heavy atom. The van der Waals surface area contributed by atoms with Crippen molar-refractivity contribution >= 4 is 15.9 Å². The molecule has 0 atom stereocenters. The van der Waals surface area contributed by atoms with Crippen LogP contribution in [0.3, 0.4) is 0 Å². The van der Waals surface area contributed by atoms with Gasteiger partial charge in [0.2, 0.25) is 10.0 Å². The van der Waals surface area contributed by atoms with Crippen LogP contribution in [0.25, 0.3) is 0 Å². The summed E-state index contributed by atoms with van der Waals surface area (Å²) in [6, 6.07) is 8.65. The molecule has 2 aromatic carbocycles. The van der Waals surface area contributed by atoms with Crippen molar-refractivity contribution in [2.24, 2.45) is 0 Å². The van der Waals surface area contributed by atoms with E-state index in [9.17, 15) is 13.2 Å². The second-order valence-electron chi connectivity index (χ2n) is 7.52. The molecule has 0 spiro atoms. The summed E-state index contributed by atoms with van der Waals surface area (Å²) >= 11 is 0. The molecule has 0 N–H and O–H groups in total. The molecule has 0 fully saturated rings. The van der Waals surface area contributed by atoms with Crippen LogP contribution in [0.15, 0.2) is 35.2 Å². The Morgan fingerprint density at radius 1 is 1.03 bits per heavy atom. The number of benzene rings is 2. The summed E-state index contributed by atoms with van der Waals surface area (Å²) in [5.74, 6) is 1.12. The molecule has 3 rings (SSSR count). The zero-order valence-corrected chi connectivity index (χ0v) is 19.6. The van der Waals surface area contributed by atoms with Gasteiger partial charge in [-0.15, -0.1) is 0 Å². The van der Waals surface area contributed by atoms with Gasteiger partial charge >= 0.3 is 0 Å². The number of nitrogens with zero attached hydrogens (tertiary/aromatic N) is 2. The number of hydrogen-bond acceptors (Lipinski definition) is 5. The normalized spacial score (nSPS) is 13.8. The number of methoxy groups -OCH3 is 2. The first-order valence-corrected chi connectivity index (χ1v) is 11.8. The minimum absolute atomic E-state index is 0.147. The van der Waals surface area contributed by atoms with Crippen LogP contribution in [0.2, 0.25) is 0 Å². The molecule has 168 valence electrons. The highest BCUT2D eigenvalue weighted by Gasteiger charge is 2.27. The van der Waals surface area contributed by atoms with E-state index in [1.54, 1.807) is 45.1 Å². The van der Waals surface area contributed by atoms with Crippen molar-refractivity contribution in [2.45, 2.75) is 38.6 Å². The van der Waals surface area contributed by atoms with Crippen molar-refractivity contribution in [3.05, 3.63) is 52.6 Å². The molecule has 1 aliphatic heterocycles. The molecule has 1 aliphatic rings. The van der Waals surface area contributed by atoms with E-state index in [0.717, 1.165) is 16.7 Å². The van der Waals surface area contributed by atoms with Gasteiger partial charge in [-0.2, -0.15) is 4.31 Å². The standard InChI is InChI=1S/C23H30N2O5S/c1-6-25(7-2)31(27,28)19-9-8-16(3)20(14-19)23(26)24-11-10-17-12-21(29-4)22(30-5)13-18(17)15-24/h8-9,12-14H,6-7,10-11,15H2,1-5H3. The molecule has 0 saturated heterocycles. The molecular weight excluding hydrogens is 416 g/mol. The topological polar surface area (TPSA) is 76.2 Å². The maximum Gasteiger partial charge on any atom is 0.254 e. The molecule has 0 radical (unpaired) electrons. The number of sulfonamides is 1. The maximum absolute atomic E-state index is 13.4. The van der Waals surface area contributed by atoms with Gasteiger partial charge in [-0.1, -0.05) is 19.9 Å². The lowest BCUT2D eigenvalue weighted by molar-refractivity contribution is 0.0733. The third-order valence-corrected chi connectivity index (χ3v) is 7.83. The summed E-state index contributed by atoms with van der Waals surface area (Å²) in [4.78, 5) is 15.3. The largest absolute Gasteiger partial charge is 0.493 e. The van der Waals surface area contributed by atoms with Gasteiger partial charge in [-0.3, -0.25) is 4.79 Å². The molecule has 0 aromatic heterocycles. The van der Waals surface area contributed by atoms with E-state index in [2.05, 4.69) is 0 Å². The lowest BCUT2D eigenvalue weighted by atomic mass is 9.97. The van der Waals surface area contributed by atoms with E-state index in [4.69, 9.17) is 9.47 Å². The van der Waals surface area contributed by atoms with Gasteiger partial charge in [0.15, 0.2) is 11.5 Å². The highest BCUT2D eigenvalue weighted by molar-refractivity contribution is 7.89. The van der Waals surface area contributed by atoms with Gasteiger partial charge < -0.3 is 14.4 Å². The SMILES string of the molecule is CCN(CC)S(=O)(=O)c1ccc(C)c(C(=O)N2CCc3cc(OC)c(OC)cc3C2)c1. The first-order valence-electron chi connectivity index (χ1n) is 10.4. The summed E-state index contributed by atoms with van der Waals surface area (Å²) in [5, 5.41) is 0. The van der Waals surface area contributed by atoms with Gasteiger partial charge in [-0.05, 0) is 54.3 Å². The van der Waals surface area contributed by atoms with Crippen LogP contribution in [0.1, 0.15) is 40.9 Å². The Morgan fingerprint density at radius 3 is 2.23 bits per heavy atom.